The third-order valence-corrected chi connectivity index (χ3v) is 1.58. The molecule has 1 rings (SSSR count). The monoisotopic (exact) mass is 186 g/mol. The van der Waals surface area contributed by atoms with Gasteiger partial charge in [-0.3, -0.25) is 0 Å². The SMILES string of the molecule is Cc1ccc(C#C/C=C/C(=O)O)cc1. The minimum atomic E-state index is -0.983. The first-order valence-electron chi connectivity index (χ1n) is 4.16. The summed E-state index contributed by atoms with van der Waals surface area (Å²) in [5, 5.41) is 8.29. The lowest BCUT2D eigenvalue weighted by Gasteiger charge is -1.90. The van der Waals surface area contributed by atoms with Gasteiger partial charge in [0.05, 0.1) is 0 Å². The second kappa shape index (κ2) is 4.88. The van der Waals surface area contributed by atoms with Gasteiger partial charge in [-0.15, -0.1) is 0 Å². The predicted molar refractivity (Wildman–Crippen MR) is 54.8 cm³/mol. The highest BCUT2D eigenvalue weighted by molar-refractivity contribution is 5.80. The van der Waals surface area contributed by atoms with Gasteiger partial charge in [0.15, 0.2) is 0 Å². The lowest BCUT2D eigenvalue weighted by molar-refractivity contribution is -0.131. The van der Waals surface area contributed by atoms with E-state index in [0.717, 1.165) is 11.6 Å². The van der Waals surface area contributed by atoms with Crippen LogP contribution in [0.1, 0.15) is 11.1 Å². The average Bonchev–Trinajstić information content (AvgIpc) is 2.15. The largest absolute Gasteiger partial charge is 0.478 e. The Morgan fingerprint density at radius 1 is 1.36 bits per heavy atom. The maximum absolute atomic E-state index is 10.1. The molecule has 0 heterocycles. The van der Waals surface area contributed by atoms with Crippen molar-refractivity contribution >= 4 is 5.97 Å². The van der Waals surface area contributed by atoms with Crippen LogP contribution in [0.4, 0.5) is 0 Å². The molecule has 0 radical (unpaired) electrons. The summed E-state index contributed by atoms with van der Waals surface area (Å²) in [6.07, 6.45) is 2.34. The number of carbonyl (C=O) groups is 1. The van der Waals surface area contributed by atoms with E-state index in [1.807, 2.05) is 31.2 Å². The zero-order valence-corrected chi connectivity index (χ0v) is 7.82. The molecule has 0 spiro atoms. The molecule has 0 atom stereocenters. The molecule has 1 aromatic rings. The molecular formula is C12H10O2. The minimum absolute atomic E-state index is 0.880. The van der Waals surface area contributed by atoms with Crippen molar-refractivity contribution in [2.45, 2.75) is 6.92 Å². The van der Waals surface area contributed by atoms with Crippen LogP contribution in [0, 0.1) is 18.8 Å². The fourth-order valence-electron chi connectivity index (χ4n) is 0.875. The highest BCUT2D eigenvalue weighted by Gasteiger charge is 1.85. The second-order valence-electron chi connectivity index (χ2n) is 2.81. The Kier molecular flexibility index (Phi) is 3.51. The van der Waals surface area contributed by atoms with Crippen molar-refractivity contribution in [3.63, 3.8) is 0 Å². The maximum Gasteiger partial charge on any atom is 0.328 e. The average molecular weight is 186 g/mol. The van der Waals surface area contributed by atoms with E-state index in [1.165, 1.54) is 11.6 Å². The number of rotatable bonds is 1. The first-order valence-corrected chi connectivity index (χ1v) is 4.16. The third-order valence-electron chi connectivity index (χ3n) is 1.58. The zero-order valence-electron chi connectivity index (χ0n) is 7.82. The molecule has 1 N–H and O–H groups in total. The fraction of sp³-hybridized carbons (Fsp3) is 0.0833. The topological polar surface area (TPSA) is 37.3 Å². The summed E-state index contributed by atoms with van der Waals surface area (Å²) < 4.78 is 0. The van der Waals surface area contributed by atoms with Gasteiger partial charge in [0.1, 0.15) is 0 Å². The molecule has 2 nitrogen and oxygen atoms in total. The maximum atomic E-state index is 10.1. The molecule has 0 saturated carbocycles. The molecule has 0 bridgehead atoms. The Labute approximate surface area is 82.9 Å². The summed E-state index contributed by atoms with van der Waals surface area (Å²) in [6, 6.07) is 7.73. The summed E-state index contributed by atoms with van der Waals surface area (Å²) in [7, 11) is 0. The van der Waals surface area contributed by atoms with Crippen LogP contribution in [0.3, 0.4) is 0 Å². The quantitative estimate of drug-likeness (QED) is 0.538. The van der Waals surface area contributed by atoms with Gasteiger partial charge in [-0.1, -0.05) is 29.5 Å². The number of hydrogen-bond donors (Lipinski definition) is 1. The Bertz CT molecular complexity index is 402. The fourth-order valence-corrected chi connectivity index (χ4v) is 0.875. The van der Waals surface area contributed by atoms with E-state index in [0.29, 0.717) is 0 Å². The Morgan fingerprint density at radius 2 is 2.00 bits per heavy atom. The van der Waals surface area contributed by atoms with Crippen molar-refractivity contribution in [2.24, 2.45) is 0 Å². The summed E-state index contributed by atoms with van der Waals surface area (Å²) in [5.74, 6) is 4.49. The predicted octanol–water partition coefficient (Wildman–Crippen LogP) is 1.99. The molecule has 1 aromatic carbocycles. The number of allylic oxidation sites excluding steroid dienone is 1. The van der Waals surface area contributed by atoms with Crippen molar-refractivity contribution in [2.75, 3.05) is 0 Å². The summed E-state index contributed by atoms with van der Waals surface area (Å²) >= 11 is 0. The molecule has 0 aliphatic rings. The van der Waals surface area contributed by atoms with Crippen molar-refractivity contribution in [1.29, 1.82) is 0 Å². The van der Waals surface area contributed by atoms with Crippen molar-refractivity contribution in [3.8, 4) is 11.8 Å². The molecule has 70 valence electrons. The van der Waals surface area contributed by atoms with Crippen LogP contribution < -0.4 is 0 Å². The molecule has 0 fully saturated rings. The lowest BCUT2D eigenvalue weighted by Crippen LogP contribution is -1.84. The summed E-state index contributed by atoms with van der Waals surface area (Å²) in [5.41, 5.74) is 2.06. The van der Waals surface area contributed by atoms with Crippen LogP contribution in [-0.2, 0) is 4.79 Å². The van der Waals surface area contributed by atoms with Crippen LogP contribution in [-0.4, -0.2) is 11.1 Å². The minimum Gasteiger partial charge on any atom is -0.478 e. The van der Waals surface area contributed by atoms with Crippen LogP contribution in [0.2, 0.25) is 0 Å². The molecular weight excluding hydrogens is 176 g/mol. The second-order valence-corrected chi connectivity index (χ2v) is 2.81. The van der Waals surface area contributed by atoms with Crippen molar-refractivity contribution < 1.29 is 9.90 Å². The first-order chi connectivity index (χ1) is 6.68. The Morgan fingerprint density at radius 3 is 2.57 bits per heavy atom. The number of aryl methyl sites for hydroxylation is 1. The smallest absolute Gasteiger partial charge is 0.328 e. The van der Waals surface area contributed by atoms with E-state index < -0.39 is 5.97 Å². The van der Waals surface area contributed by atoms with E-state index in [-0.39, 0.29) is 0 Å². The van der Waals surface area contributed by atoms with E-state index >= 15 is 0 Å². The van der Waals surface area contributed by atoms with Crippen molar-refractivity contribution in [1.82, 2.24) is 0 Å². The molecule has 0 saturated heterocycles. The highest BCUT2D eigenvalue weighted by atomic mass is 16.4. The normalized spacial score (nSPS) is 9.50. The van der Waals surface area contributed by atoms with Crippen LogP contribution in [0.5, 0.6) is 0 Å². The Hall–Kier alpha value is -2.01. The van der Waals surface area contributed by atoms with Gasteiger partial charge in [0.25, 0.3) is 0 Å². The Balaban J connectivity index is 2.68. The third kappa shape index (κ3) is 3.59. The van der Waals surface area contributed by atoms with Crippen molar-refractivity contribution in [3.05, 3.63) is 47.5 Å². The van der Waals surface area contributed by atoms with Gasteiger partial charge in [-0.25, -0.2) is 4.79 Å². The van der Waals surface area contributed by atoms with Gasteiger partial charge >= 0.3 is 5.97 Å². The van der Waals surface area contributed by atoms with E-state index in [2.05, 4.69) is 11.8 Å². The number of benzene rings is 1. The number of hydrogen-bond acceptors (Lipinski definition) is 1. The molecule has 0 amide bonds. The van der Waals surface area contributed by atoms with E-state index in [4.69, 9.17) is 5.11 Å². The van der Waals surface area contributed by atoms with Gasteiger partial charge in [-0.05, 0) is 25.1 Å². The number of carboxylic acid groups (broad SMARTS) is 1. The molecule has 0 unspecified atom stereocenters. The summed E-state index contributed by atoms with van der Waals surface area (Å²) in [6.45, 7) is 2.00. The van der Waals surface area contributed by atoms with Gasteiger partial charge in [0, 0.05) is 11.6 Å². The molecule has 2 heteroatoms. The highest BCUT2D eigenvalue weighted by Crippen LogP contribution is 2.00. The molecule has 0 aliphatic carbocycles. The van der Waals surface area contributed by atoms with E-state index in [1.54, 1.807) is 0 Å². The van der Waals surface area contributed by atoms with Crippen LogP contribution >= 0.6 is 0 Å². The number of aliphatic carboxylic acids is 1. The number of carboxylic acids is 1. The molecule has 0 aliphatic heterocycles. The molecule has 14 heavy (non-hydrogen) atoms. The zero-order chi connectivity index (χ0) is 10.4. The van der Waals surface area contributed by atoms with Gasteiger partial charge in [-0.2, -0.15) is 0 Å². The lowest BCUT2D eigenvalue weighted by atomic mass is 10.1. The molecule has 0 aromatic heterocycles. The van der Waals surface area contributed by atoms with Gasteiger partial charge < -0.3 is 5.11 Å². The van der Waals surface area contributed by atoms with Crippen LogP contribution in [0.15, 0.2) is 36.4 Å². The van der Waals surface area contributed by atoms with Crippen LogP contribution in [0.25, 0.3) is 0 Å². The van der Waals surface area contributed by atoms with E-state index in [9.17, 15) is 4.79 Å². The standard InChI is InChI=1S/C12H10O2/c1-10-6-8-11(9-7-10)4-2-3-5-12(13)14/h3,5-9H,1H3,(H,13,14)/b5-3+. The first kappa shape index (κ1) is 10.1. The summed E-state index contributed by atoms with van der Waals surface area (Å²) in [4.78, 5) is 10.1. The van der Waals surface area contributed by atoms with Gasteiger partial charge in [0.2, 0.25) is 0 Å².